The van der Waals surface area contributed by atoms with Crippen LogP contribution in [0.1, 0.15) is 39.4 Å². The van der Waals surface area contributed by atoms with Crippen molar-refractivity contribution in [3.05, 3.63) is 30.0 Å². The molecule has 2 rings (SSSR count). The van der Waals surface area contributed by atoms with Crippen molar-refractivity contribution < 1.29 is 8.42 Å². The molecule has 0 atom stereocenters. The summed E-state index contributed by atoms with van der Waals surface area (Å²) >= 11 is 0. The second-order valence-corrected chi connectivity index (χ2v) is 8.33. The van der Waals surface area contributed by atoms with Gasteiger partial charge in [-0.05, 0) is 45.9 Å². The molecule has 0 fully saturated rings. The maximum absolute atomic E-state index is 12.2. The summed E-state index contributed by atoms with van der Waals surface area (Å²) < 4.78 is 26.4. The number of anilines is 1. The van der Waals surface area contributed by atoms with Gasteiger partial charge in [-0.2, -0.15) is 0 Å². The van der Waals surface area contributed by atoms with E-state index in [1.54, 1.807) is 13.8 Å². The highest BCUT2D eigenvalue weighted by molar-refractivity contribution is 7.91. The normalized spacial score (nSPS) is 12.7. The summed E-state index contributed by atoms with van der Waals surface area (Å²) in [5.74, 6) is 0.0669. The van der Waals surface area contributed by atoms with Gasteiger partial charge in [0.05, 0.1) is 16.5 Å². The van der Waals surface area contributed by atoms with Gasteiger partial charge < -0.3 is 10.3 Å². The summed E-state index contributed by atoms with van der Waals surface area (Å²) in [5, 5.41) is 0.660. The fourth-order valence-electron chi connectivity index (χ4n) is 2.39. The Morgan fingerprint density at radius 1 is 1.15 bits per heavy atom. The third-order valence-corrected chi connectivity index (χ3v) is 5.66. The number of nitrogens with zero attached hydrogens (tertiary/aromatic N) is 1. The van der Waals surface area contributed by atoms with Crippen LogP contribution < -0.4 is 5.73 Å². The van der Waals surface area contributed by atoms with Gasteiger partial charge in [0.2, 0.25) is 0 Å². The van der Waals surface area contributed by atoms with Gasteiger partial charge in [0.1, 0.15) is 0 Å². The lowest BCUT2D eigenvalue weighted by molar-refractivity contribution is 0.574. The Kier molecular flexibility index (Phi) is 3.82. The summed E-state index contributed by atoms with van der Waals surface area (Å²) in [6.45, 7) is 7.54. The fraction of sp³-hybridized carbons (Fsp3) is 0.467. The highest BCUT2D eigenvalue weighted by Crippen LogP contribution is 2.27. The van der Waals surface area contributed by atoms with Gasteiger partial charge in [-0.1, -0.05) is 6.07 Å². The Labute approximate surface area is 120 Å². The Morgan fingerprint density at radius 3 is 2.35 bits per heavy atom. The Bertz CT molecular complexity index is 728. The number of nitrogen functional groups attached to an aromatic ring is 1. The second-order valence-electron chi connectivity index (χ2n) is 5.77. The molecule has 4 nitrogen and oxygen atoms in total. The van der Waals surface area contributed by atoms with E-state index in [1.807, 2.05) is 38.1 Å². The zero-order chi connectivity index (χ0) is 15.1. The van der Waals surface area contributed by atoms with Gasteiger partial charge in [-0.25, -0.2) is 8.42 Å². The summed E-state index contributed by atoms with van der Waals surface area (Å²) in [7, 11) is -3.12. The Balaban J connectivity index is 2.62. The van der Waals surface area contributed by atoms with Crippen molar-refractivity contribution in [1.82, 2.24) is 4.57 Å². The Morgan fingerprint density at radius 2 is 1.80 bits per heavy atom. The third-order valence-electron chi connectivity index (χ3n) is 3.53. The quantitative estimate of drug-likeness (QED) is 0.881. The van der Waals surface area contributed by atoms with E-state index in [0.717, 1.165) is 16.6 Å². The average Bonchev–Trinajstić information content (AvgIpc) is 2.64. The van der Waals surface area contributed by atoms with E-state index in [1.165, 1.54) is 0 Å². The van der Waals surface area contributed by atoms with Crippen molar-refractivity contribution in [3.8, 4) is 0 Å². The van der Waals surface area contributed by atoms with Crippen molar-refractivity contribution in [2.45, 2.75) is 44.7 Å². The minimum Gasteiger partial charge on any atom is -0.399 e. The van der Waals surface area contributed by atoms with Crippen LogP contribution >= 0.6 is 0 Å². The maximum Gasteiger partial charge on any atom is 0.158 e. The maximum atomic E-state index is 12.2. The molecule has 0 saturated carbocycles. The molecule has 0 amide bonds. The lowest BCUT2D eigenvalue weighted by Crippen LogP contribution is -2.18. The first-order chi connectivity index (χ1) is 9.22. The van der Waals surface area contributed by atoms with Crippen LogP contribution in [0, 0.1) is 0 Å². The van der Waals surface area contributed by atoms with Crippen LogP contribution in [0.5, 0.6) is 0 Å². The van der Waals surface area contributed by atoms with Crippen LogP contribution in [-0.2, 0) is 15.6 Å². The van der Waals surface area contributed by atoms with Crippen molar-refractivity contribution >= 4 is 26.4 Å². The fourth-order valence-corrected chi connectivity index (χ4v) is 3.36. The van der Waals surface area contributed by atoms with Crippen LogP contribution in [0.2, 0.25) is 0 Å². The van der Waals surface area contributed by atoms with E-state index in [-0.39, 0.29) is 17.0 Å². The van der Waals surface area contributed by atoms with Gasteiger partial charge in [-0.3, -0.25) is 0 Å². The van der Waals surface area contributed by atoms with Gasteiger partial charge in [0, 0.05) is 22.8 Å². The largest absolute Gasteiger partial charge is 0.399 e. The summed E-state index contributed by atoms with van der Waals surface area (Å²) in [5.41, 5.74) is 8.36. The molecule has 1 aromatic carbocycles. The number of hydrogen-bond acceptors (Lipinski definition) is 3. The van der Waals surface area contributed by atoms with Crippen LogP contribution in [0.25, 0.3) is 10.9 Å². The average molecular weight is 294 g/mol. The molecule has 2 aromatic rings. The zero-order valence-corrected chi connectivity index (χ0v) is 13.2. The number of fused-ring (bicyclic) bond motifs is 1. The molecule has 5 heteroatoms. The van der Waals surface area contributed by atoms with E-state index in [4.69, 9.17) is 5.73 Å². The first-order valence-electron chi connectivity index (χ1n) is 6.83. The van der Waals surface area contributed by atoms with Crippen molar-refractivity contribution in [1.29, 1.82) is 0 Å². The minimum absolute atomic E-state index is 0.0669. The second kappa shape index (κ2) is 5.13. The van der Waals surface area contributed by atoms with Crippen LogP contribution in [-0.4, -0.2) is 18.2 Å². The number of rotatable bonds is 4. The SMILES string of the molecule is CC(C)n1c(CS(=O)(=O)C(C)C)cc2ccc(N)cc21. The van der Waals surface area contributed by atoms with E-state index >= 15 is 0 Å². The molecule has 0 spiro atoms. The number of hydrogen-bond donors (Lipinski definition) is 1. The van der Waals surface area contributed by atoms with Gasteiger partial charge in [0.25, 0.3) is 0 Å². The first kappa shape index (κ1) is 14.9. The third kappa shape index (κ3) is 2.68. The molecule has 0 aliphatic heterocycles. The monoisotopic (exact) mass is 294 g/mol. The van der Waals surface area contributed by atoms with E-state index in [2.05, 4.69) is 4.57 Å². The summed E-state index contributed by atoms with van der Waals surface area (Å²) in [4.78, 5) is 0. The molecular formula is C15H22N2O2S. The molecule has 20 heavy (non-hydrogen) atoms. The first-order valence-corrected chi connectivity index (χ1v) is 8.55. The van der Waals surface area contributed by atoms with Gasteiger partial charge in [-0.15, -0.1) is 0 Å². The molecule has 2 N–H and O–H groups in total. The highest BCUT2D eigenvalue weighted by atomic mass is 32.2. The predicted molar refractivity (Wildman–Crippen MR) is 84.5 cm³/mol. The molecule has 0 saturated heterocycles. The van der Waals surface area contributed by atoms with Crippen molar-refractivity contribution in [3.63, 3.8) is 0 Å². The standard InChI is InChI=1S/C15H22N2O2S/c1-10(2)17-14(9-20(18,19)11(3)4)7-12-5-6-13(16)8-15(12)17/h5-8,10-11H,9,16H2,1-4H3. The van der Waals surface area contributed by atoms with Crippen LogP contribution in [0.15, 0.2) is 24.3 Å². The zero-order valence-electron chi connectivity index (χ0n) is 12.4. The predicted octanol–water partition coefficient (Wildman–Crippen LogP) is 3.13. The Hall–Kier alpha value is -1.49. The smallest absolute Gasteiger partial charge is 0.158 e. The van der Waals surface area contributed by atoms with Crippen molar-refractivity contribution in [2.24, 2.45) is 0 Å². The summed E-state index contributed by atoms with van der Waals surface area (Å²) in [6.07, 6.45) is 0. The molecular weight excluding hydrogens is 272 g/mol. The van der Waals surface area contributed by atoms with Crippen LogP contribution in [0.4, 0.5) is 5.69 Å². The number of aromatic nitrogens is 1. The molecule has 0 unspecified atom stereocenters. The molecule has 1 aromatic heterocycles. The molecule has 0 radical (unpaired) electrons. The van der Waals surface area contributed by atoms with E-state index in [0.29, 0.717) is 5.69 Å². The van der Waals surface area contributed by atoms with E-state index in [9.17, 15) is 8.42 Å². The minimum atomic E-state index is -3.12. The number of sulfone groups is 1. The molecule has 0 aliphatic rings. The topological polar surface area (TPSA) is 65.1 Å². The molecule has 110 valence electrons. The van der Waals surface area contributed by atoms with Crippen LogP contribution in [0.3, 0.4) is 0 Å². The lowest BCUT2D eigenvalue weighted by Gasteiger charge is -2.16. The lowest BCUT2D eigenvalue weighted by atomic mass is 10.2. The highest BCUT2D eigenvalue weighted by Gasteiger charge is 2.21. The number of benzene rings is 1. The molecule has 0 bridgehead atoms. The van der Waals surface area contributed by atoms with Gasteiger partial charge >= 0.3 is 0 Å². The van der Waals surface area contributed by atoms with Crippen molar-refractivity contribution in [2.75, 3.05) is 5.73 Å². The van der Waals surface area contributed by atoms with Gasteiger partial charge in [0.15, 0.2) is 9.84 Å². The number of nitrogens with two attached hydrogens (primary N) is 1. The molecule has 1 heterocycles. The molecule has 0 aliphatic carbocycles. The van der Waals surface area contributed by atoms with E-state index < -0.39 is 9.84 Å². The summed E-state index contributed by atoms with van der Waals surface area (Å²) in [6, 6.07) is 7.82.